The second-order valence-corrected chi connectivity index (χ2v) is 6.98. The summed E-state index contributed by atoms with van der Waals surface area (Å²) in [5.74, 6) is 0.916. The van der Waals surface area contributed by atoms with Crippen LogP contribution < -0.4 is 4.74 Å². The van der Waals surface area contributed by atoms with E-state index in [1.165, 1.54) is 16.2 Å². The van der Waals surface area contributed by atoms with Crippen LogP contribution in [0.2, 0.25) is 0 Å². The SMILES string of the molecule is COc1c([C@H]2CO2)c2cc(Br)ccc2c2ccc(Br)cc12. The smallest absolute Gasteiger partial charge is 0.133 e. The van der Waals surface area contributed by atoms with E-state index >= 15 is 0 Å². The molecule has 0 amide bonds. The zero-order chi connectivity index (χ0) is 14.6. The van der Waals surface area contributed by atoms with Gasteiger partial charge in [-0.3, -0.25) is 0 Å². The highest BCUT2D eigenvalue weighted by Crippen LogP contribution is 2.47. The number of hydrogen-bond acceptors (Lipinski definition) is 2. The van der Waals surface area contributed by atoms with Gasteiger partial charge in [-0.15, -0.1) is 0 Å². The lowest BCUT2D eigenvalue weighted by atomic mass is 9.94. The third-order valence-corrected chi connectivity index (χ3v) is 4.88. The number of methoxy groups -OCH3 is 1. The van der Waals surface area contributed by atoms with E-state index in [1.54, 1.807) is 7.11 Å². The monoisotopic (exact) mass is 406 g/mol. The van der Waals surface area contributed by atoms with Gasteiger partial charge in [0, 0.05) is 19.9 Å². The first-order chi connectivity index (χ1) is 10.2. The average molecular weight is 408 g/mol. The number of fused-ring (bicyclic) bond motifs is 3. The summed E-state index contributed by atoms with van der Waals surface area (Å²) >= 11 is 7.12. The molecule has 3 aromatic carbocycles. The number of hydrogen-bond donors (Lipinski definition) is 0. The van der Waals surface area contributed by atoms with E-state index in [-0.39, 0.29) is 6.10 Å². The Labute approximate surface area is 139 Å². The van der Waals surface area contributed by atoms with E-state index in [1.807, 2.05) is 0 Å². The van der Waals surface area contributed by atoms with Crippen molar-refractivity contribution in [1.82, 2.24) is 0 Å². The minimum atomic E-state index is 0.139. The highest BCUT2D eigenvalue weighted by molar-refractivity contribution is 9.10. The highest BCUT2D eigenvalue weighted by atomic mass is 79.9. The number of ether oxygens (including phenoxy) is 2. The molecule has 1 aliphatic rings. The molecule has 21 heavy (non-hydrogen) atoms. The molecule has 4 heteroatoms. The largest absolute Gasteiger partial charge is 0.496 e. The lowest BCUT2D eigenvalue weighted by Gasteiger charge is -2.15. The fourth-order valence-electron chi connectivity index (χ4n) is 2.94. The fraction of sp³-hybridized carbons (Fsp3) is 0.176. The highest BCUT2D eigenvalue weighted by Gasteiger charge is 2.31. The molecule has 0 aliphatic carbocycles. The summed E-state index contributed by atoms with van der Waals surface area (Å²) in [6.07, 6.45) is 0.139. The van der Waals surface area contributed by atoms with Crippen molar-refractivity contribution in [1.29, 1.82) is 0 Å². The molecule has 0 radical (unpaired) electrons. The maximum Gasteiger partial charge on any atom is 0.133 e. The van der Waals surface area contributed by atoms with Crippen molar-refractivity contribution in [3.63, 3.8) is 0 Å². The topological polar surface area (TPSA) is 21.8 Å². The van der Waals surface area contributed by atoms with Gasteiger partial charge in [0.1, 0.15) is 11.9 Å². The second-order valence-electron chi connectivity index (χ2n) is 5.15. The van der Waals surface area contributed by atoms with Gasteiger partial charge in [0.25, 0.3) is 0 Å². The quantitative estimate of drug-likeness (QED) is 0.407. The van der Waals surface area contributed by atoms with Gasteiger partial charge in [-0.25, -0.2) is 0 Å². The normalized spacial score (nSPS) is 17.4. The van der Waals surface area contributed by atoms with Gasteiger partial charge in [-0.2, -0.15) is 0 Å². The van der Waals surface area contributed by atoms with Crippen molar-refractivity contribution in [2.24, 2.45) is 0 Å². The Bertz CT molecular complexity index is 870. The Morgan fingerprint density at radius 1 is 0.952 bits per heavy atom. The summed E-state index contributed by atoms with van der Waals surface area (Å²) in [7, 11) is 1.73. The number of epoxide rings is 1. The van der Waals surface area contributed by atoms with Crippen LogP contribution in [-0.2, 0) is 4.74 Å². The molecule has 0 aromatic heterocycles. The molecule has 1 aliphatic heterocycles. The van der Waals surface area contributed by atoms with E-state index < -0.39 is 0 Å². The molecule has 4 rings (SSSR count). The molecular formula is C17H12Br2O2. The third kappa shape index (κ3) is 2.17. The first-order valence-electron chi connectivity index (χ1n) is 6.69. The number of halogens is 2. The van der Waals surface area contributed by atoms with Crippen LogP contribution in [0.1, 0.15) is 11.7 Å². The molecule has 2 nitrogen and oxygen atoms in total. The molecule has 0 saturated carbocycles. The van der Waals surface area contributed by atoms with Gasteiger partial charge >= 0.3 is 0 Å². The van der Waals surface area contributed by atoms with Crippen LogP contribution >= 0.6 is 31.9 Å². The molecule has 0 unspecified atom stereocenters. The second kappa shape index (κ2) is 4.97. The number of benzene rings is 3. The van der Waals surface area contributed by atoms with Crippen LogP contribution in [-0.4, -0.2) is 13.7 Å². The van der Waals surface area contributed by atoms with Crippen LogP contribution in [0.4, 0.5) is 0 Å². The molecule has 1 fully saturated rings. The van der Waals surface area contributed by atoms with Crippen molar-refractivity contribution in [2.45, 2.75) is 6.10 Å². The Balaban J connectivity index is 2.25. The first-order valence-corrected chi connectivity index (χ1v) is 8.27. The minimum absolute atomic E-state index is 0.139. The maximum absolute atomic E-state index is 5.75. The molecule has 1 heterocycles. The Morgan fingerprint density at radius 3 is 2.10 bits per heavy atom. The predicted molar refractivity (Wildman–Crippen MR) is 92.1 cm³/mol. The standard InChI is InChI=1S/C17H12Br2O2/c1-20-17-14-7-10(19)3-5-12(14)11-4-2-9(18)6-13(11)16(17)15-8-21-15/h2-7,15H,8H2,1H3/t15-/m1/s1. The summed E-state index contributed by atoms with van der Waals surface area (Å²) in [4.78, 5) is 0. The van der Waals surface area contributed by atoms with E-state index in [9.17, 15) is 0 Å². The lowest BCUT2D eigenvalue weighted by Crippen LogP contribution is -1.95. The van der Waals surface area contributed by atoms with Crippen LogP contribution in [0.15, 0.2) is 45.3 Å². The molecule has 0 bridgehead atoms. The zero-order valence-corrected chi connectivity index (χ0v) is 14.5. The van der Waals surface area contributed by atoms with Gasteiger partial charge in [-0.1, -0.05) is 44.0 Å². The summed E-state index contributed by atoms with van der Waals surface area (Å²) in [5, 5.41) is 4.74. The first kappa shape index (κ1) is 13.6. The molecule has 3 aromatic rings. The van der Waals surface area contributed by atoms with Gasteiger partial charge in [0.05, 0.1) is 13.7 Å². The zero-order valence-electron chi connectivity index (χ0n) is 11.3. The molecule has 1 atom stereocenters. The number of rotatable bonds is 2. The minimum Gasteiger partial charge on any atom is -0.496 e. The van der Waals surface area contributed by atoms with E-state index in [2.05, 4.69) is 68.3 Å². The van der Waals surface area contributed by atoms with E-state index in [0.29, 0.717) is 0 Å². The Morgan fingerprint density at radius 2 is 1.52 bits per heavy atom. The van der Waals surface area contributed by atoms with Crippen molar-refractivity contribution >= 4 is 53.4 Å². The van der Waals surface area contributed by atoms with Gasteiger partial charge in [0.15, 0.2) is 0 Å². The van der Waals surface area contributed by atoms with E-state index in [0.717, 1.165) is 32.3 Å². The van der Waals surface area contributed by atoms with Gasteiger partial charge in [-0.05, 0) is 40.4 Å². The summed E-state index contributed by atoms with van der Waals surface area (Å²) < 4.78 is 13.4. The Hall–Kier alpha value is -1.10. The molecular weight excluding hydrogens is 396 g/mol. The summed E-state index contributed by atoms with van der Waals surface area (Å²) in [5.41, 5.74) is 1.15. The van der Waals surface area contributed by atoms with Crippen molar-refractivity contribution in [3.8, 4) is 5.75 Å². The summed E-state index contributed by atoms with van der Waals surface area (Å²) in [6, 6.07) is 12.7. The molecule has 0 N–H and O–H groups in total. The fourth-order valence-corrected chi connectivity index (χ4v) is 3.66. The van der Waals surface area contributed by atoms with Crippen LogP contribution in [0.5, 0.6) is 5.75 Å². The van der Waals surface area contributed by atoms with Crippen molar-refractivity contribution in [2.75, 3.05) is 13.7 Å². The Kier molecular flexibility index (Phi) is 3.21. The molecule has 1 saturated heterocycles. The van der Waals surface area contributed by atoms with Crippen LogP contribution in [0, 0.1) is 0 Å². The predicted octanol–water partition coefficient (Wildman–Crippen LogP) is 5.60. The molecule has 0 spiro atoms. The van der Waals surface area contributed by atoms with Crippen LogP contribution in [0.3, 0.4) is 0 Å². The maximum atomic E-state index is 5.75. The lowest BCUT2D eigenvalue weighted by molar-refractivity contribution is 0.388. The molecule has 106 valence electrons. The van der Waals surface area contributed by atoms with Gasteiger partial charge in [0.2, 0.25) is 0 Å². The van der Waals surface area contributed by atoms with Crippen LogP contribution in [0.25, 0.3) is 21.5 Å². The average Bonchev–Trinajstić information content (AvgIpc) is 3.29. The van der Waals surface area contributed by atoms with E-state index in [4.69, 9.17) is 9.47 Å². The summed E-state index contributed by atoms with van der Waals surface area (Å²) in [6.45, 7) is 0.761. The third-order valence-electron chi connectivity index (χ3n) is 3.89. The van der Waals surface area contributed by atoms with Crippen molar-refractivity contribution in [3.05, 3.63) is 50.9 Å². The van der Waals surface area contributed by atoms with Gasteiger partial charge < -0.3 is 9.47 Å². The van der Waals surface area contributed by atoms with Crippen molar-refractivity contribution < 1.29 is 9.47 Å².